The predicted molar refractivity (Wildman–Crippen MR) is 70.8 cm³/mol. The Balaban J connectivity index is 2.30. The number of halogens is 1. The Kier molecular flexibility index (Phi) is 3.40. The van der Waals surface area contributed by atoms with Gasteiger partial charge in [-0.25, -0.2) is 0 Å². The van der Waals surface area contributed by atoms with Gasteiger partial charge in [0, 0.05) is 17.3 Å². The lowest BCUT2D eigenvalue weighted by atomic mass is 10.1. The molecule has 1 aliphatic heterocycles. The van der Waals surface area contributed by atoms with Gasteiger partial charge >= 0.3 is 0 Å². The molecule has 0 unspecified atom stereocenters. The molecule has 2 rings (SSSR count). The summed E-state index contributed by atoms with van der Waals surface area (Å²) in [4.78, 5) is 15.8. The number of carbonyl (C=O) groups is 1. The third-order valence-electron chi connectivity index (χ3n) is 3.04. The van der Waals surface area contributed by atoms with Crippen molar-refractivity contribution in [1.29, 1.82) is 0 Å². The van der Waals surface area contributed by atoms with Gasteiger partial charge in [-0.1, -0.05) is 11.6 Å². The molecule has 4 heteroatoms. The molecule has 0 radical (unpaired) electrons. The average molecular weight is 253 g/mol. The van der Waals surface area contributed by atoms with Crippen LogP contribution in [-0.4, -0.2) is 38.0 Å². The van der Waals surface area contributed by atoms with Crippen LogP contribution in [0.4, 0.5) is 5.69 Å². The average Bonchev–Trinajstić information content (AvgIpc) is 2.59. The lowest BCUT2D eigenvalue weighted by molar-refractivity contribution is -0.119. The van der Waals surface area contributed by atoms with Crippen molar-refractivity contribution >= 4 is 23.2 Å². The highest BCUT2D eigenvalue weighted by atomic mass is 35.5. The van der Waals surface area contributed by atoms with Gasteiger partial charge in [-0.3, -0.25) is 4.79 Å². The molecule has 92 valence electrons. The second-order valence-electron chi connectivity index (χ2n) is 4.75. The first-order chi connectivity index (χ1) is 7.99. The molecule has 17 heavy (non-hydrogen) atoms. The van der Waals surface area contributed by atoms with Crippen molar-refractivity contribution in [2.24, 2.45) is 0 Å². The molecule has 0 saturated carbocycles. The number of likely N-dealkylation sites (N-methyl/N-ethyl adjacent to an activating group) is 1. The van der Waals surface area contributed by atoms with Crippen molar-refractivity contribution in [2.75, 3.05) is 32.1 Å². The number of rotatable bonds is 2. The monoisotopic (exact) mass is 252 g/mol. The maximum absolute atomic E-state index is 12.1. The minimum Gasteiger partial charge on any atom is -0.311 e. The van der Waals surface area contributed by atoms with Gasteiger partial charge in [0.25, 0.3) is 0 Å². The second-order valence-corrected chi connectivity index (χ2v) is 5.19. The largest absolute Gasteiger partial charge is 0.311 e. The van der Waals surface area contributed by atoms with E-state index < -0.39 is 0 Å². The molecule has 0 bridgehead atoms. The first kappa shape index (κ1) is 12.4. The van der Waals surface area contributed by atoms with Crippen molar-refractivity contribution < 1.29 is 4.79 Å². The highest BCUT2D eigenvalue weighted by molar-refractivity contribution is 6.31. The molecule has 1 heterocycles. The van der Waals surface area contributed by atoms with E-state index in [0.717, 1.165) is 18.7 Å². The predicted octanol–water partition coefficient (Wildman–Crippen LogP) is 2.10. The molecule has 0 N–H and O–H groups in total. The smallest absolute Gasteiger partial charge is 0.241 e. The van der Waals surface area contributed by atoms with Crippen LogP contribution in [0, 0.1) is 6.92 Å². The number of carbonyl (C=O) groups excluding carboxylic acids is 1. The first-order valence-electron chi connectivity index (χ1n) is 5.73. The minimum absolute atomic E-state index is 0.135. The van der Waals surface area contributed by atoms with E-state index in [0.29, 0.717) is 11.6 Å². The summed E-state index contributed by atoms with van der Waals surface area (Å²) >= 11 is 6.06. The summed E-state index contributed by atoms with van der Waals surface area (Å²) in [7, 11) is 3.80. The highest BCUT2D eigenvalue weighted by Gasteiger charge is 2.26. The standard InChI is InChI=1S/C13H17ClN2O/c1-9-6-10(14)7-12-11(9)4-5-16(12)13(17)8-15(2)3/h6-7H,4-5,8H2,1-3H3. The number of aryl methyl sites for hydroxylation is 1. The van der Waals surface area contributed by atoms with Crippen molar-refractivity contribution in [1.82, 2.24) is 4.90 Å². The van der Waals surface area contributed by atoms with Crippen LogP contribution in [0.1, 0.15) is 11.1 Å². The van der Waals surface area contributed by atoms with Crippen molar-refractivity contribution in [3.05, 3.63) is 28.3 Å². The molecule has 0 fully saturated rings. The van der Waals surface area contributed by atoms with Crippen molar-refractivity contribution in [3.63, 3.8) is 0 Å². The fraction of sp³-hybridized carbons (Fsp3) is 0.462. The molecule has 1 aliphatic rings. The Morgan fingerprint density at radius 1 is 1.47 bits per heavy atom. The number of nitrogens with zero attached hydrogens (tertiary/aromatic N) is 2. The number of anilines is 1. The Morgan fingerprint density at radius 2 is 2.18 bits per heavy atom. The SMILES string of the molecule is Cc1cc(Cl)cc2c1CCN2C(=O)CN(C)C. The quantitative estimate of drug-likeness (QED) is 0.805. The maximum Gasteiger partial charge on any atom is 0.241 e. The van der Waals surface area contributed by atoms with Crippen LogP contribution in [0.3, 0.4) is 0 Å². The van der Waals surface area contributed by atoms with E-state index in [2.05, 4.69) is 0 Å². The van der Waals surface area contributed by atoms with E-state index in [1.807, 2.05) is 43.0 Å². The van der Waals surface area contributed by atoms with Crippen LogP contribution in [0.5, 0.6) is 0 Å². The maximum atomic E-state index is 12.1. The molecular formula is C13H17ClN2O. The van der Waals surface area contributed by atoms with Crippen LogP contribution >= 0.6 is 11.6 Å². The zero-order valence-corrected chi connectivity index (χ0v) is 11.2. The molecular weight excluding hydrogens is 236 g/mol. The van der Waals surface area contributed by atoms with Crippen LogP contribution < -0.4 is 4.90 Å². The third kappa shape index (κ3) is 2.45. The Bertz CT molecular complexity index is 457. The summed E-state index contributed by atoms with van der Waals surface area (Å²) in [5.41, 5.74) is 3.41. The van der Waals surface area contributed by atoms with E-state index >= 15 is 0 Å². The third-order valence-corrected chi connectivity index (χ3v) is 3.26. The van der Waals surface area contributed by atoms with E-state index in [1.165, 1.54) is 11.1 Å². The van der Waals surface area contributed by atoms with Crippen LogP contribution in [-0.2, 0) is 11.2 Å². The fourth-order valence-corrected chi connectivity index (χ4v) is 2.55. The molecule has 3 nitrogen and oxygen atoms in total. The molecule has 1 aromatic rings. The Morgan fingerprint density at radius 3 is 2.82 bits per heavy atom. The zero-order chi connectivity index (χ0) is 12.6. The van der Waals surface area contributed by atoms with Crippen LogP contribution in [0.2, 0.25) is 5.02 Å². The molecule has 1 amide bonds. The van der Waals surface area contributed by atoms with Gasteiger partial charge in [0.15, 0.2) is 0 Å². The highest BCUT2D eigenvalue weighted by Crippen LogP contribution is 2.33. The summed E-state index contributed by atoms with van der Waals surface area (Å²) < 4.78 is 0. The summed E-state index contributed by atoms with van der Waals surface area (Å²) in [5, 5.41) is 0.700. The zero-order valence-electron chi connectivity index (χ0n) is 10.5. The van der Waals surface area contributed by atoms with Gasteiger partial charge in [0.1, 0.15) is 0 Å². The lowest BCUT2D eigenvalue weighted by Crippen LogP contribution is -2.36. The second kappa shape index (κ2) is 4.67. The van der Waals surface area contributed by atoms with Gasteiger partial charge < -0.3 is 9.80 Å². The summed E-state index contributed by atoms with van der Waals surface area (Å²) in [6, 6.07) is 3.85. The van der Waals surface area contributed by atoms with E-state index in [9.17, 15) is 4.79 Å². The molecule has 0 spiro atoms. The summed E-state index contributed by atoms with van der Waals surface area (Å²) in [6.45, 7) is 3.25. The number of benzene rings is 1. The van der Waals surface area contributed by atoms with Crippen molar-refractivity contribution in [2.45, 2.75) is 13.3 Å². The van der Waals surface area contributed by atoms with E-state index in [1.54, 1.807) is 0 Å². The Labute approximate surface area is 107 Å². The molecule has 0 saturated heterocycles. The molecule has 1 aromatic carbocycles. The molecule has 0 atom stereocenters. The summed E-state index contributed by atoms with van der Waals surface area (Å²) in [6.07, 6.45) is 0.928. The van der Waals surface area contributed by atoms with Gasteiger partial charge in [0.2, 0.25) is 5.91 Å². The van der Waals surface area contributed by atoms with Crippen LogP contribution in [0.25, 0.3) is 0 Å². The topological polar surface area (TPSA) is 23.6 Å². The number of hydrogen-bond acceptors (Lipinski definition) is 2. The van der Waals surface area contributed by atoms with E-state index in [4.69, 9.17) is 11.6 Å². The number of fused-ring (bicyclic) bond motifs is 1. The van der Waals surface area contributed by atoms with Crippen molar-refractivity contribution in [3.8, 4) is 0 Å². The van der Waals surface area contributed by atoms with Gasteiger partial charge in [-0.05, 0) is 50.7 Å². The number of amides is 1. The molecule has 0 aromatic heterocycles. The first-order valence-corrected chi connectivity index (χ1v) is 6.11. The van der Waals surface area contributed by atoms with Gasteiger partial charge in [-0.15, -0.1) is 0 Å². The van der Waals surface area contributed by atoms with Gasteiger partial charge in [-0.2, -0.15) is 0 Å². The van der Waals surface area contributed by atoms with E-state index in [-0.39, 0.29) is 5.91 Å². The normalized spacial score (nSPS) is 14.3. The molecule has 0 aliphatic carbocycles. The van der Waals surface area contributed by atoms with Crippen LogP contribution in [0.15, 0.2) is 12.1 Å². The number of hydrogen-bond donors (Lipinski definition) is 0. The summed E-state index contributed by atoms with van der Waals surface area (Å²) in [5.74, 6) is 0.135. The Hall–Kier alpha value is -1.06. The minimum atomic E-state index is 0.135. The lowest BCUT2D eigenvalue weighted by Gasteiger charge is -2.20. The fourth-order valence-electron chi connectivity index (χ4n) is 2.28. The van der Waals surface area contributed by atoms with Gasteiger partial charge in [0.05, 0.1) is 6.54 Å².